The van der Waals surface area contributed by atoms with Crippen molar-refractivity contribution in [3.63, 3.8) is 0 Å². The number of rotatable bonds is 4. The Bertz CT molecular complexity index is 838. The molecule has 0 aromatic rings. The lowest BCUT2D eigenvalue weighted by Crippen LogP contribution is -2.53. The Morgan fingerprint density at radius 3 is 2.36 bits per heavy atom. The molecule has 4 fully saturated rings. The summed E-state index contributed by atoms with van der Waals surface area (Å²) in [4.78, 5) is 37.5. The molecule has 0 bridgehead atoms. The first-order valence-electron chi connectivity index (χ1n) is 12.1. The molecule has 8 heteroatoms. The van der Waals surface area contributed by atoms with E-state index in [9.17, 15) is 19.5 Å². The molecule has 1 saturated heterocycles. The van der Waals surface area contributed by atoms with E-state index < -0.39 is 47.2 Å². The third-order valence-corrected chi connectivity index (χ3v) is 9.05. The lowest BCUT2D eigenvalue weighted by Gasteiger charge is -2.35. The average molecular weight is 467 g/mol. The van der Waals surface area contributed by atoms with Gasteiger partial charge in [-0.1, -0.05) is 27.7 Å². The number of ether oxygens (including phenoxy) is 4. The van der Waals surface area contributed by atoms with Gasteiger partial charge in [-0.15, -0.1) is 0 Å². The Balaban J connectivity index is 1.77. The smallest absolute Gasteiger partial charge is 0.302 e. The predicted molar refractivity (Wildman–Crippen MR) is 117 cm³/mol. The molecule has 0 aromatic carbocycles. The van der Waals surface area contributed by atoms with Crippen LogP contribution in [0.15, 0.2) is 0 Å². The molecule has 8 nitrogen and oxygen atoms in total. The van der Waals surface area contributed by atoms with E-state index in [4.69, 9.17) is 18.9 Å². The van der Waals surface area contributed by atoms with Crippen molar-refractivity contribution in [2.45, 2.75) is 90.3 Å². The van der Waals surface area contributed by atoms with Gasteiger partial charge < -0.3 is 24.1 Å². The molecule has 33 heavy (non-hydrogen) atoms. The summed E-state index contributed by atoms with van der Waals surface area (Å²) in [5.74, 6) is -2.16. The number of methoxy groups -OCH3 is 1. The molecule has 0 aromatic heterocycles. The zero-order chi connectivity index (χ0) is 24.5. The molecule has 10 atom stereocenters. The quantitative estimate of drug-likeness (QED) is 0.496. The first kappa shape index (κ1) is 24.6. The molecule has 186 valence electrons. The fraction of sp³-hybridized carbons (Fsp3) is 0.880. The summed E-state index contributed by atoms with van der Waals surface area (Å²) in [6, 6.07) is 0. The maximum absolute atomic E-state index is 13.9. The van der Waals surface area contributed by atoms with Crippen LogP contribution in [0.2, 0.25) is 0 Å². The number of carbonyl (C=O) groups is 3. The number of carbonyl (C=O) groups excluding carboxylic acids is 3. The molecule has 0 unspecified atom stereocenters. The van der Waals surface area contributed by atoms with Crippen LogP contribution in [0.1, 0.15) is 60.8 Å². The summed E-state index contributed by atoms with van der Waals surface area (Å²) in [5.41, 5.74) is -2.53. The summed E-state index contributed by atoms with van der Waals surface area (Å²) in [6.45, 7) is 10.8. The summed E-state index contributed by atoms with van der Waals surface area (Å²) >= 11 is 0. The number of hydrogen-bond donors (Lipinski definition) is 1. The maximum atomic E-state index is 13.9. The van der Waals surface area contributed by atoms with E-state index in [1.807, 2.05) is 13.8 Å². The lowest BCUT2D eigenvalue weighted by atomic mass is 9.74. The van der Waals surface area contributed by atoms with Gasteiger partial charge in [-0.3, -0.25) is 14.4 Å². The van der Waals surface area contributed by atoms with Gasteiger partial charge in [0.2, 0.25) is 0 Å². The molecule has 3 aliphatic carbocycles. The van der Waals surface area contributed by atoms with Gasteiger partial charge in [-0.25, -0.2) is 0 Å². The fourth-order valence-electron chi connectivity index (χ4n) is 7.27. The minimum absolute atomic E-state index is 0.00725. The van der Waals surface area contributed by atoms with Crippen molar-refractivity contribution in [1.29, 1.82) is 0 Å². The van der Waals surface area contributed by atoms with Crippen LogP contribution in [-0.2, 0) is 33.3 Å². The Morgan fingerprint density at radius 2 is 1.79 bits per heavy atom. The normalized spacial score (nSPS) is 47.9. The van der Waals surface area contributed by atoms with Crippen molar-refractivity contribution in [3.8, 4) is 0 Å². The monoisotopic (exact) mass is 466 g/mol. The Hall–Kier alpha value is -1.51. The minimum Gasteiger partial charge on any atom is -0.463 e. The van der Waals surface area contributed by atoms with Crippen molar-refractivity contribution in [1.82, 2.24) is 0 Å². The highest BCUT2D eigenvalue weighted by atomic mass is 16.6. The van der Waals surface area contributed by atoms with Crippen LogP contribution in [0.4, 0.5) is 0 Å². The van der Waals surface area contributed by atoms with Gasteiger partial charge in [0.15, 0.2) is 5.78 Å². The fourth-order valence-corrected chi connectivity index (χ4v) is 7.27. The standard InChI is InChI=1S/C25H38O8/c1-12-10-25(29)18(19(12)32-15(4)27)22-24(33-22,11-31-14(3)26)9-8-16-17(23(16,5)6)20(30-7)13(2)21(25)28/h12-13,16-20,22,29H,8-11H2,1-7H3/t12-,13+,16-,17-,18+,19-,20+,22+,24+,25+/m0/s1. The highest BCUT2D eigenvalue weighted by Gasteiger charge is 2.73. The number of esters is 2. The van der Waals surface area contributed by atoms with Crippen molar-refractivity contribution < 1.29 is 38.4 Å². The molecule has 4 rings (SSSR count). The highest BCUT2D eigenvalue weighted by Crippen LogP contribution is 2.66. The summed E-state index contributed by atoms with van der Waals surface area (Å²) in [5, 5.41) is 12.0. The Morgan fingerprint density at radius 1 is 1.12 bits per heavy atom. The third-order valence-electron chi connectivity index (χ3n) is 9.05. The maximum Gasteiger partial charge on any atom is 0.302 e. The number of hydrogen-bond acceptors (Lipinski definition) is 8. The summed E-state index contributed by atoms with van der Waals surface area (Å²) in [6.07, 6.45) is 0.102. The van der Waals surface area contributed by atoms with E-state index in [-0.39, 0.29) is 42.2 Å². The Labute approximate surface area is 195 Å². The van der Waals surface area contributed by atoms with Gasteiger partial charge in [0, 0.05) is 26.9 Å². The molecule has 0 amide bonds. The largest absolute Gasteiger partial charge is 0.463 e. The zero-order valence-corrected chi connectivity index (χ0v) is 20.8. The summed E-state index contributed by atoms with van der Waals surface area (Å²) < 4.78 is 23.1. The summed E-state index contributed by atoms with van der Waals surface area (Å²) in [7, 11) is 1.63. The van der Waals surface area contributed by atoms with Crippen LogP contribution >= 0.6 is 0 Å². The molecule has 0 spiro atoms. The van der Waals surface area contributed by atoms with Crippen LogP contribution in [0.25, 0.3) is 0 Å². The van der Waals surface area contributed by atoms with Crippen LogP contribution in [0, 0.1) is 35.0 Å². The van der Waals surface area contributed by atoms with E-state index in [2.05, 4.69) is 13.8 Å². The third kappa shape index (κ3) is 3.82. The minimum atomic E-state index is -1.72. The molecule has 4 aliphatic rings. The second kappa shape index (κ2) is 8.02. The van der Waals surface area contributed by atoms with Gasteiger partial charge >= 0.3 is 11.9 Å². The highest BCUT2D eigenvalue weighted by molar-refractivity contribution is 5.90. The number of aliphatic hydroxyl groups is 1. The van der Waals surface area contributed by atoms with E-state index >= 15 is 0 Å². The first-order chi connectivity index (χ1) is 15.3. The van der Waals surface area contributed by atoms with Crippen molar-refractivity contribution >= 4 is 17.7 Å². The van der Waals surface area contributed by atoms with E-state index in [0.29, 0.717) is 12.3 Å². The number of epoxide rings is 1. The van der Waals surface area contributed by atoms with Crippen LogP contribution < -0.4 is 0 Å². The molecular weight excluding hydrogens is 428 g/mol. The van der Waals surface area contributed by atoms with E-state index in [1.165, 1.54) is 13.8 Å². The second-order valence-electron chi connectivity index (χ2n) is 11.4. The average Bonchev–Trinajstić information content (AvgIpc) is 3.53. The number of fused-ring (bicyclic) bond motifs is 4. The molecule has 1 heterocycles. The number of Topliss-reactive ketones (excluding diaryl/α,β-unsaturated/α-hetero) is 1. The van der Waals surface area contributed by atoms with Gasteiger partial charge in [0.05, 0.1) is 12.0 Å². The Kier molecular flexibility index (Phi) is 5.98. The molecule has 3 saturated carbocycles. The topological polar surface area (TPSA) is 112 Å². The first-order valence-corrected chi connectivity index (χ1v) is 12.1. The lowest BCUT2D eigenvalue weighted by molar-refractivity contribution is -0.161. The van der Waals surface area contributed by atoms with Crippen LogP contribution in [-0.4, -0.2) is 66.1 Å². The molecule has 1 N–H and O–H groups in total. The van der Waals surface area contributed by atoms with Gasteiger partial charge in [-0.2, -0.15) is 0 Å². The molecule has 1 aliphatic heterocycles. The van der Waals surface area contributed by atoms with Crippen LogP contribution in [0.5, 0.6) is 0 Å². The van der Waals surface area contributed by atoms with Gasteiger partial charge in [0.25, 0.3) is 0 Å². The molecule has 0 radical (unpaired) electrons. The van der Waals surface area contributed by atoms with Crippen molar-refractivity contribution in [2.24, 2.45) is 35.0 Å². The number of ketones is 1. The second-order valence-corrected chi connectivity index (χ2v) is 11.4. The SMILES string of the molecule is CO[C@H]1[C@@H]2[C@H](CC[C@]3(COC(C)=O)O[C@@H]3[C@H]3[C@@H](OC(C)=O)[C@@H](C)C[C@]3(O)C(=O)[C@@H]1C)C2(C)C. The van der Waals surface area contributed by atoms with Crippen molar-refractivity contribution in [2.75, 3.05) is 13.7 Å². The van der Waals surface area contributed by atoms with Crippen molar-refractivity contribution in [3.05, 3.63) is 0 Å². The predicted octanol–water partition coefficient (Wildman–Crippen LogP) is 2.29. The van der Waals surface area contributed by atoms with Gasteiger partial charge in [0.1, 0.15) is 30.0 Å². The van der Waals surface area contributed by atoms with Gasteiger partial charge in [-0.05, 0) is 42.4 Å². The van der Waals surface area contributed by atoms with E-state index in [1.54, 1.807) is 7.11 Å². The molecular formula is C25H38O8. The zero-order valence-electron chi connectivity index (χ0n) is 20.8. The van der Waals surface area contributed by atoms with Crippen LogP contribution in [0.3, 0.4) is 0 Å². The van der Waals surface area contributed by atoms with E-state index in [0.717, 1.165) is 6.42 Å².